The predicted octanol–water partition coefficient (Wildman–Crippen LogP) is 4.68. The molecule has 3 unspecified atom stereocenters. The summed E-state index contributed by atoms with van der Waals surface area (Å²) >= 11 is 0. The largest absolute Gasteiger partial charge is 0.392 e. The highest BCUT2D eigenvalue weighted by Crippen LogP contribution is 2.37. The van der Waals surface area contributed by atoms with Crippen molar-refractivity contribution in [1.82, 2.24) is 0 Å². The van der Waals surface area contributed by atoms with Crippen LogP contribution < -0.4 is 0 Å². The van der Waals surface area contributed by atoms with Gasteiger partial charge in [-0.2, -0.15) is 0 Å². The van der Waals surface area contributed by atoms with E-state index in [0.29, 0.717) is 5.92 Å². The molecule has 106 valence electrons. The molecule has 0 bridgehead atoms. The monoisotopic (exact) mass is 260 g/mol. The molecule has 1 aliphatic rings. The first-order chi connectivity index (χ1) is 9.24. The molecule has 19 heavy (non-hydrogen) atoms. The van der Waals surface area contributed by atoms with Gasteiger partial charge >= 0.3 is 0 Å². The molecular formula is C18H28O. The minimum absolute atomic E-state index is 0.137. The van der Waals surface area contributed by atoms with E-state index >= 15 is 0 Å². The van der Waals surface area contributed by atoms with Gasteiger partial charge in [0.2, 0.25) is 0 Å². The van der Waals surface area contributed by atoms with Crippen molar-refractivity contribution in [3.63, 3.8) is 0 Å². The molecule has 2 rings (SSSR count). The van der Waals surface area contributed by atoms with E-state index < -0.39 is 0 Å². The van der Waals surface area contributed by atoms with Crippen molar-refractivity contribution < 1.29 is 5.11 Å². The van der Waals surface area contributed by atoms with Crippen LogP contribution in [0.15, 0.2) is 24.3 Å². The van der Waals surface area contributed by atoms with Gasteiger partial charge in [0.05, 0.1) is 6.10 Å². The van der Waals surface area contributed by atoms with Gasteiger partial charge in [0.1, 0.15) is 0 Å². The first-order valence-corrected chi connectivity index (χ1v) is 8.01. The highest BCUT2D eigenvalue weighted by molar-refractivity contribution is 5.26. The minimum atomic E-state index is -0.137. The molecule has 1 N–H and O–H groups in total. The highest BCUT2D eigenvalue weighted by Gasteiger charge is 2.29. The van der Waals surface area contributed by atoms with Crippen molar-refractivity contribution in [1.29, 1.82) is 0 Å². The number of aliphatic hydroxyl groups is 1. The SMILES string of the molecule is CCCc1ccc(C2CCC(CCC)CC2O)cc1. The Labute approximate surface area is 118 Å². The lowest BCUT2D eigenvalue weighted by Crippen LogP contribution is -2.27. The molecule has 0 amide bonds. The standard InChI is InChI=1S/C18H28O/c1-3-5-14-7-10-16(11-8-14)17-12-9-15(6-4-2)13-18(17)19/h7-8,10-11,15,17-19H,3-6,9,12-13H2,1-2H3. The van der Waals surface area contributed by atoms with Crippen molar-refractivity contribution in [3.05, 3.63) is 35.4 Å². The molecule has 1 aromatic rings. The Morgan fingerprint density at radius 2 is 1.79 bits per heavy atom. The Balaban J connectivity index is 1.98. The number of hydrogen-bond donors (Lipinski definition) is 1. The van der Waals surface area contributed by atoms with Gasteiger partial charge in [0, 0.05) is 5.92 Å². The van der Waals surface area contributed by atoms with Gasteiger partial charge in [-0.25, -0.2) is 0 Å². The second-order valence-corrected chi connectivity index (χ2v) is 6.13. The van der Waals surface area contributed by atoms with Crippen LogP contribution in [0, 0.1) is 5.92 Å². The molecule has 1 heteroatoms. The van der Waals surface area contributed by atoms with E-state index in [1.807, 2.05) is 0 Å². The van der Waals surface area contributed by atoms with Gasteiger partial charge < -0.3 is 5.11 Å². The third-order valence-electron chi connectivity index (χ3n) is 4.57. The van der Waals surface area contributed by atoms with E-state index in [2.05, 4.69) is 38.1 Å². The first-order valence-electron chi connectivity index (χ1n) is 8.01. The minimum Gasteiger partial charge on any atom is -0.392 e. The van der Waals surface area contributed by atoms with Gasteiger partial charge in [0.15, 0.2) is 0 Å². The zero-order valence-corrected chi connectivity index (χ0v) is 12.4. The van der Waals surface area contributed by atoms with E-state index in [1.54, 1.807) is 0 Å². The average Bonchev–Trinajstić information content (AvgIpc) is 2.41. The molecule has 1 aliphatic carbocycles. The Kier molecular flexibility index (Phi) is 5.45. The molecule has 1 aromatic carbocycles. The van der Waals surface area contributed by atoms with Crippen molar-refractivity contribution in [3.8, 4) is 0 Å². The van der Waals surface area contributed by atoms with Crippen LogP contribution in [0.4, 0.5) is 0 Å². The summed E-state index contributed by atoms with van der Waals surface area (Å²) in [6.45, 7) is 4.46. The van der Waals surface area contributed by atoms with Crippen molar-refractivity contribution in [2.75, 3.05) is 0 Å². The average molecular weight is 260 g/mol. The molecule has 0 aliphatic heterocycles. The number of rotatable bonds is 5. The van der Waals surface area contributed by atoms with Crippen molar-refractivity contribution in [2.45, 2.75) is 70.8 Å². The molecule has 1 nitrogen and oxygen atoms in total. The summed E-state index contributed by atoms with van der Waals surface area (Å²) < 4.78 is 0. The third-order valence-corrected chi connectivity index (χ3v) is 4.57. The predicted molar refractivity (Wildman–Crippen MR) is 81.4 cm³/mol. The van der Waals surface area contributed by atoms with Crippen LogP contribution in [0.2, 0.25) is 0 Å². The summed E-state index contributed by atoms with van der Waals surface area (Å²) in [4.78, 5) is 0. The maximum atomic E-state index is 10.4. The van der Waals surface area contributed by atoms with Crippen molar-refractivity contribution >= 4 is 0 Å². The lowest BCUT2D eigenvalue weighted by molar-refractivity contribution is 0.0758. The summed E-state index contributed by atoms with van der Waals surface area (Å²) in [6.07, 6.45) is 8.17. The lowest BCUT2D eigenvalue weighted by Gasteiger charge is -2.33. The quantitative estimate of drug-likeness (QED) is 0.814. The van der Waals surface area contributed by atoms with E-state index in [4.69, 9.17) is 0 Å². The van der Waals surface area contributed by atoms with Gasteiger partial charge in [-0.1, -0.05) is 57.4 Å². The van der Waals surface area contributed by atoms with Crippen LogP contribution in [0.3, 0.4) is 0 Å². The fourth-order valence-electron chi connectivity index (χ4n) is 3.51. The van der Waals surface area contributed by atoms with Crippen LogP contribution in [0.25, 0.3) is 0 Å². The highest BCUT2D eigenvalue weighted by atomic mass is 16.3. The number of hydrogen-bond acceptors (Lipinski definition) is 1. The normalized spacial score (nSPS) is 27.4. The fourth-order valence-corrected chi connectivity index (χ4v) is 3.51. The Hall–Kier alpha value is -0.820. The number of aliphatic hydroxyl groups excluding tert-OH is 1. The molecule has 3 atom stereocenters. The molecule has 0 radical (unpaired) electrons. The van der Waals surface area contributed by atoms with Gasteiger partial charge in [-0.3, -0.25) is 0 Å². The summed E-state index contributed by atoms with van der Waals surface area (Å²) in [6, 6.07) is 8.95. The van der Waals surface area contributed by atoms with Crippen molar-refractivity contribution in [2.24, 2.45) is 5.92 Å². The Bertz CT molecular complexity index is 368. The molecule has 1 saturated carbocycles. The molecule has 0 heterocycles. The van der Waals surface area contributed by atoms with E-state index in [0.717, 1.165) is 25.2 Å². The number of aryl methyl sites for hydroxylation is 1. The molecular weight excluding hydrogens is 232 g/mol. The zero-order chi connectivity index (χ0) is 13.7. The van der Waals surface area contributed by atoms with E-state index in [9.17, 15) is 5.11 Å². The van der Waals surface area contributed by atoms with E-state index in [1.165, 1.54) is 36.8 Å². The van der Waals surface area contributed by atoms with Gasteiger partial charge in [0.25, 0.3) is 0 Å². The maximum absolute atomic E-state index is 10.4. The zero-order valence-electron chi connectivity index (χ0n) is 12.4. The van der Waals surface area contributed by atoms with Crippen LogP contribution >= 0.6 is 0 Å². The lowest BCUT2D eigenvalue weighted by atomic mass is 9.75. The molecule has 0 saturated heterocycles. The van der Waals surface area contributed by atoms with Crippen LogP contribution in [0.1, 0.15) is 69.4 Å². The summed E-state index contributed by atoms with van der Waals surface area (Å²) in [5, 5.41) is 10.4. The molecule has 0 aromatic heterocycles. The van der Waals surface area contributed by atoms with Gasteiger partial charge in [-0.15, -0.1) is 0 Å². The van der Waals surface area contributed by atoms with Crippen LogP contribution in [-0.4, -0.2) is 11.2 Å². The maximum Gasteiger partial charge on any atom is 0.0611 e. The fraction of sp³-hybridized carbons (Fsp3) is 0.667. The number of benzene rings is 1. The topological polar surface area (TPSA) is 20.2 Å². The summed E-state index contributed by atoms with van der Waals surface area (Å²) in [5.74, 6) is 1.11. The summed E-state index contributed by atoms with van der Waals surface area (Å²) in [7, 11) is 0. The smallest absolute Gasteiger partial charge is 0.0611 e. The summed E-state index contributed by atoms with van der Waals surface area (Å²) in [5.41, 5.74) is 2.75. The molecule has 1 fully saturated rings. The second kappa shape index (κ2) is 7.09. The molecule has 0 spiro atoms. The van der Waals surface area contributed by atoms with Crippen LogP contribution in [0.5, 0.6) is 0 Å². The first kappa shape index (κ1) is 14.6. The third kappa shape index (κ3) is 3.82. The van der Waals surface area contributed by atoms with E-state index in [-0.39, 0.29) is 6.10 Å². The second-order valence-electron chi connectivity index (χ2n) is 6.13. The Morgan fingerprint density at radius 3 is 2.37 bits per heavy atom. The van der Waals surface area contributed by atoms with Gasteiger partial charge in [-0.05, 0) is 42.7 Å². The van der Waals surface area contributed by atoms with Crippen LogP contribution in [-0.2, 0) is 6.42 Å². The Morgan fingerprint density at radius 1 is 1.05 bits per heavy atom.